The molecular formula is C14H20N2O2. The van der Waals surface area contributed by atoms with Gasteiger partial charge in [-0.25, -0.2) is 0 Å². The van der Waals surface area contributed by atoms with Crippen molar-refractivity contribution in [3.63, 3.8) is 0 Å². The summed E-state index contributed by atoms with van der Waals surface area (Å²) in [6, 6.07) is 6.42. The van der Waals surface area contributed by atoms with E-state index in [1.807, 2.05) is 6.07 Å². The molecule has 0 bridgehead atoms. The van der Waals surface area contributed by atoms with E-state index < -0.39 is 0 Å². The van der Waals surface area contributed by atoms with Crippen LogP contribution in [0.15, 0.2) is 18.2 Å². The fraction of sp³-hybridized carbons (Fsp3) is 0.571. The number of rotatable bonds is 1. The predicted octanol–water partition coefficient (Wildman–Crippen LogP) is 1.63. The molecule has 0 radical (unpaired) electrons. The minimum absolute atomic E-state index is 0.266. The standard InChI is InChI=1S/C14H20N2O2/c1-10-6-11(15)9-16(8-10)12-2-3-13-14(7-12)18-5-4-17-13/h2-3,7,10-11H,4-6,8-9,15H2,1H3. The van der Waals surface area contributed by atoms with Crippen molar-refractivity contribution in [2.75, 3.05) is 31.2 Å². The van der Waals surface area contributed by atoms with Gasteiger partial charge in [0, 0.05) is 30.9 Å². The molecule has 2 heterocycles. The van der Waals surface area contributed by atoms with Crippen molar-refractivity contribution < 1.29 is 9.47 Å². The Morgan fingerprint density at radius 2 is 1.94 bits per heavy atom. The summed E-state index contributed by atoms with van der Waals surface area (Å²) in [5, 5.41) is 0. The molecule has 1 aromatic rings. The van der Waals surface area contributed by atoms with Gasteiger partial charge in [0.05, 0.1) is 0 Å². The van der Waals surface area contributed by atoms with Gasteiger partial charge in [-0.3, -0.25) is 0 Å². The normalized spacial score (nSPS) is 27.1. The largest absolute Gasteiger partial charge is 0.486 e. The van der Waals surface area contributed by atoms with Crippen molar-refractivity contribution in [3.05, 3.63) is 18.2 Å². The first-order chi connectivity index (χ1) is 8.72. The minimum atomic E-state index is 0.266. The Hall–Kier alpha value is -1.42. The van der Waals surface area contributed by atoms with Crippen molar-refractivity contribution in [2.24, 2.45) is 11.7 Å². The van der Waals surface area contributed by atoms with Crippen LogP contribution in [0, 0.1) is 5.92 Å². The molecule has 0 aliphatic carbocycles. The van der Waals surface area contributed by atoms with E-state index in [2.05, 4.69) is 24.0 Å². The van der Waals surface area contributed by atoms with Crippen LogP contribution in [-0.2, 0) is 0 Å². The van der Waals surface area contributed by atoms with Gasteiger partial charge in [-0.2, -0.15) is 0 Å². The molecule has 2 aliphatic heterocycles. The highest BCUT2D eigenvalue weighted by atomic mass is 16.6. The summed E-state index contributed by atoms with van der Waals surface area (Å²) in [7, 11) is 0. The Kier molecular flexibility index (Phi) is 3.04. The van der Waals surface area contributed by atoms with E-state index in [4.69, 9.17) is 15.2 Å². The van der Waals surface area contributed by atoms with Crippen molar-refractivity contribution in [1.29, 1.82) is 0 Å². The van der Waals surface area contributed by atoms with E-state index in [-0.39, 0.29) is 6.04 Å². The molecule has 1 saturated heterocycles. The van der Waals surface area contributed by atoms with Crippen LogP contribution in [0.3, 0.4) is 0 Å². The number of ether oxygens (including phenoxy) is 2. The lowest BCUT2D eigenvalue weighted by molar-refractivity contribution is 0.171. The summed E-state index contributed by atoms with van der Waals surface area (Å²) < 4.78 is 11.2. The molecule has 2 N–H and O–H groups in total. The summed E-state index contributed by atoms with van der Waals surface area (Å²) in [5.41, 5.74) is 7.27. The molecule has 3 rings (SSSR count). The predicted molar refractivity (Wildman–Crippen MR) is 71.4 cm³/mol. The van der Waals surface area contributed by atoms with Crippen LogP contribution in [0.25, 0.3) is 0 Å². The van der Waals surface area contributed by atoms with Gasteiger partial charge in [0.15, 0.2) is 11.5 Å². The highest BCUT2D eigenvalue weighted by molar-refractivity contribution is 5.57. The first kappa shape index (κ1) is 11.7. The van der Waals surface area contributed by atoms with Gasteiger partial charge < -0.3 is 20.1 Å². The van der Waals surface area contributed by atoms with E-state index in [9.17, 15) is 0 Å². The summed E-state index contributed by atoms with van der Waals surface area (Å²) in [4.78, 5) is 2.34. The van der Waals surface area contributed by atoms with Crippen molar-refractivity contribution >= 4 is 5.69 Å². The number of nitrogens with two attached hydrogens (primary N) is 1. The molecule has 4 nitrogen and oxygen atoms in total. The molecule has 2 unspecified atom stereocenters. The number of anilines is 1. The quantitative estimate of drug-likeness (QED) is 0.820. The molecule has 0 saturated carbocycles. The molecule has 98 valence electrons. The van der Waals surface area contributed by atoms with Crippen molar-refractivity contribution in [2.45, 2.75) is 19.4 Å². The molecule has 0 aromatic heterocycles. The lowest BCUT2D eigenvalue weighted by Gasteiger charge is -2.36. The van der Waals surface area contributed by atoms with Gasteiger partial charge in [0.25, 0.3) is 0 Å². The Labute approximate surface area is 108 Å². The molecule has 1 aromatic carbocycles. The lowest BCUT2D eigenvalue weighted by Crippen LogP contribution is -2.46. The van der Waals surface area contributed by atoms with Crippen LogP contribution in [0.5, 0.6) is 11.5 Å². The average Bonchev–Trinajstić information content (AvgIpc) is 2.37. The van der Waals surface area contributed by atoms with E-state index in [0.717, 1.165) is 31.0 Å². The second kappa shape index (κ2) is 4.69. The average molecular weight is 248 g/mol. The zero-order chi connectivity index (χ0) is 12.5. The molecule has 2 aliphatic rings. The number of fused-ring (bicyclic) bond motifs is 1. The maximum atomic E-state index is 6.09. The maximum absolute atomic E-state index is 6.09. The highest BCUT2D eigenvalue weighted by Gasteiger charge is 2.23. The Morgan fingerprint density at radius 1 is 1.17 bits per heavy atom. The van der Waals surface area contributed by atoms with Gasteiger partial charge in [-0.1, -0.05) is 6.92 Å². The molecule has 1 fully saturated rings. The third-order valence-corrected chi connectivity index (χ3v) is 3.58. The second-order valence-corrected chi connectivity index (χ2v) is 5.33. The minimum Gasteiger partial charge on any atom is -0.486 e. The highest BCUT2D eigenvalue weighted by Crippen LogP contribution is 2.35. The van der Waals surface area contributed by atoms with Crippen LogP contribution in [0.2, 0.25) is 0 Å². The van der Waals surface area contributed by atoms with Crippen LogP contribution < -0.4 is 20.1 Å². The number of benzene rings is 1. The zero-order valence-corrected chi connectivity index (χ0v) is 10.8. The van der Waals surface area contributed by atoms with Gasteiger partial charge in [0.2, 0.25) is 0 Å². The van der Waals surface area contributed by atoms with Crippen LogP contribution in [-0.4, -0.2) is 32.3 Å². The van der Waals surface area contributed by atoms with Gasteiger partial charge in [-0.15, -0.1) is 0 Å². The number of nitrogens with zero attached hydrogens (tertiary/aromatic N) is 1. The second-order valence-electron chi connectivity index (χ2n) is 5.33. The van der Waals surface area contributed by atoms with E-state index >= 15 is 0 Å². The summed E-state index contributed by atoms with van der Waals surface area (Å²) in [6.45, 7) is 5.51. The third-order valence-electron chi connectivity index (χ3n) is 3.58. The van der Waals surface area contributed by atoms with Crippen molar-refractivity contribution in [1.82, 2.24) is 0 Å². The summed E-state index contributed by atoms with van der Waals surface area (Å²) in [6.07, 6.45) is 1.11. The third kappa shape index (κ3) is 2.25. The monoisotopic (exact) mass is 248 g/mol. The Bertz CT molecular complexity index is 426. The fourth-order valence-electron chi connectivity index (χ4n) is 2.84. The first-order valence-electron chi connectivity index (χ1n) is 6.62. The molecule has 18 heavy (non-hydrogen) atoms. The number of piperidine rings is 1. The SMILES string of the molecule is CC1CC(N)CN(c2ccc3c(c2)OCCO3)C1. The molecule has 4 heteroatoms. The summed E-state index contributed by atoms with van der Waals surface area (Å²) in [5.74, 6) is 2.34. The van der Waals surface area contributed by atoms with Crippen LogP contribution >= 0.6 is 0 Å². The smallest absolute Gasteiger partial charge is 0.163 e. The fourth-order valence-corrected chi connectivity index (χ4v) is 2.84. The Morgan fingerprint density at radius 3 is 2.72 bits per heavy atom. The first-order valence-corrected chi connectivity index (χ1v) is 6.62. The van der Waals surface area contributed by atoms with E-state index in [1.165, 1.54) is 5.69 Å². The van der Waals surface area contributed by atoms with Gasteiger partial charge in [-0.05, 0) is 24.5 Å². The molecule has 2 atom stereocenters. The van der Waals surface area contributed by atoms with Gasteiger partial charge >= 0.3 is 0 Å². The zero-order valence-electron chi connectivity index (χ0n) is 10.8. The van der Waals surface area contributed by atoms with Crippen molar-refractivity contribution in [3.8, 4) is 11.5 Å². The molecular weight excluding hydrogens is 228 g/mol. The lowest BCUT2D eigenvalue weighted by atomic mass is 9.96. The van der Waals surface area contributed by atoms with E-state index in [1.54, 1.807) is 0 Å². The Balaban J connectivity index is 1.83. The summed E-state index contributed by atoms with van der Waals surface area (Å²) >= 11 is 0. The topological polar surface area (TPSA) is 47.7 Å². The van der Waals surface area contributed by atoms with Gasteiger partial charge in [0.1, 0.15) is 13.2 Å². The van der Waals surface area contributed by atoms with Crippen LogP contribution in [0.4, 0.5) is 5.69 Å². The van der Waals surface area contributed by atoms with Crippen LogP contribution in [0.1, 0.15) is 13.3 Å². The van der Waals surface area contributed by atoms with E-state index in [0.29, 0.717) is 19.1 Å². The molecule has 0 amide bonds. The maximum Gasteiger partial charge on any atom is 0.163 e. The number of hydrogen-bond donors (Lipinski definition) is 1. The molecule has 0 spiro atoms. The number of hydrogen-bond acceptors (Lipinski definition) is 4.